The van der Waals surface area contributed by atoms with E-state index in [1.54, 1.807) is 7.11 Å². The molecule has 0 fully saturated rings. The van der Waals surface area contributed by atoms with Gasteiger partial charge in [-0.05, 0) is 23.5 Å². The second kappa shape index (κ2) is 7.49. The minimum Gasteiger partial charge on any atom is -0.491 e. The molecule has 2 N–H and O–H groups in total. The predicted octanol–water partition coefficient (Wildman–Crippen LogP) is 2.73. The van der Waals surface area contributed by atoms with E-state index < -0.39 is 0 Å². The van der Waals surface area contributed by atoms with E-state index in [-0.39, 0.29) is 6.04 Å². The molecule has 1 heterocycles. The maximum Gasteiger partial charge on any atom is 0.124 e. The first kappa shape index (κ1) is 15.9. The van der Waals surface area contributed by atoms with Crippen molar-refractivity contribution in [3.63, 3.8) is 0 Å². The fourth-order valence-corrected chi connectivity index (χ4v) is 2.89. The third-order valence-corrected chi connectivity index (χ3v) is 3.99. The van der Waals surface area contributed by atoms with Crippen molar-refractivity contribution in [2.24, 2.45) is 5.73 Å². The van der Waals surface area contributed by atoms with Crippen molar-refractivity contribution in [3.05, 3.63) is 40.4 Å². The van der Waals surface area contributed by atoms with Crippen LogP contribution in [0.15, 0.2) is 24.3 Å². The average Bonchev–Trinajstić information content (AvgIpc) is 2.97. The lowest BCUT2D eigenvalue weighted by atomic mass is 10.0. The standard InChI is InChI=1S/C15H21N3O2S/c1-10(2)14-15(21-18-17-14)13(16)11-6-4-5-7-12(11)20-9-8-19-3/h4-7,10,13H,8-9,16H2,1-3H3. The molecular weight excluding hydrogens is 286 g/mol. The number of methoxy groups -OCH3 is 1. The Morgan fingerprint density at radius 3 is 2.71 bits per heavy atom. The number of nitrogens with two attached hydrogens (primary N) is 1. The van der Waals surface area contributed by atoms with Crippen molar-refractivity contribution in [1.82, 2.24) is 9.59 Å². The second-order valence-electron chi connectivity index (χ2n) is 5.03. The average molecular weight is 307 g/mol. The fraction of sp³-hybridized carbons (Fsp3) is 0.467. The van der Waals surface area contributed by atoms with Crippen LogP contribution in [0.3, 0.4) is 0 Å². The number of rotatable bonds is 7. The third-order valence-electron chi connectivity index (χ3n) is 3.17. The van der Waals surface area contributed by atoms with Crippen LogP contribution in [0.1, 0.15) is 41.9 Å². The molecule has 21 heavy (non-hydrogen) atoms. The van der Waals surface area contributed by atoms with Gasteiger partial charge in [-0.1, -0.05) is 36.5 Å². The molecule has 0 spiro atoms. The van der Waals surface area contributed by atoms with Gasteiger partial charge in [0.1, 0.15) is 12.4 Å². The molecule has 114 valence electrons. The summed E-state index contributed by atoms with van der Waals surface area (Å²) in [5.41, 5.74) is 8.33. The maximum absolute atomic E-state index is 6.42. The molecule has 1 unspecified atom stereocenters. The number of benzene rings is 1. The van der Waals surface area contributed by atoms with E-state index in [2.05, 4.69) is 23.4 Å². The third kappa shape index (κ3) is 3.78. The highest BCUT2D eigenvalue weighted by atomic mass is 32.1. The lowest BCUT2D eigenvalue weighted by molar-refractivity contribution is 0.145. The van der Waals surface area contributed by atoms with E-state index in [1.807, 2.05) is 24.3 Å². The van der Waals surface area contributed by atoms with Crippen molar-refractivity contribution in [2.75, 3.05) is 20.3 Å². The summed E-state index contributed by atoms with van der Waals surface area (Å²) in [6.45, 7) is 5.23. The van der Waals surface area contributed by atoms with Gasteiger partial charge in [0.2, 0.25) is 0 Å². The van der Waals surface area contributed by atoms with Gasteiger partial charge in [-0.15, -0.1) is 5.10 Å². The quantitative estimate of drug-likeness (QED) is 0.796. The van der Waals surface area contributed by atoms with E-state index >= 15 is 0 Å². The molecule has 1 aromatic carbocycles. The Morgan fingerprint density at radius 2 is 2.00 bits per heavy atom. The Bertz CT molecular complexity index is 572. The Hall–Kier alpha value is -1.50. The molecule has 0 aliphatic carbocycles. The van der Waals surface area contributed by atoms with Crippen molar-refractivity contribution >= 4 is 11.5 Å². The van der Waals surface area contributed by atoms with E-state index in [9.17, 15) is 0 Å². The van der Waals surface area contributed by atoms with Crippen molar-refractivity contribution in [2.45, 2.75) is 25.8 Å². The monoisotopic (exact) mass is 307 g/mol. The summed E-state index contributed by atoms with van der Waals surface area (Å²) >= 11 is 1.35. The van der Waals surface area contributed by atoms with Gasteiger partial charge in [-0.25, -0.2) is 0 Å². The molecule has 6 heteroatoms. The molecule has 0 aliphatic heterocycles. The number of aromatic nitrogens is 2. The van der Waals surface area contributed by atoms with Crippen LogP contribution in [-0.2, 0) is 4.74 Å². The Morgan fingerprint density at radius 1 is 1.24 bits per heavy atom. The summed E-state index contributed by atoms with van der Waals surface area (Å²) < 4.78 is 14.8. The minimum absolute atomic E-state index is 0.277. The van der Waals surface area contributed by atoms with Crippen LogP contribution in [-0.4, -0.2) is 29.9 Å². The lowest BCUT2D eigenvalue weighted by Crippen LogP contribution is -2.15. The van der Waals surface area contributed by atoms with Crippen molar-refractivity contribution in [1.29, 1.82) is 0 Å². The zero-order chi connectivity index (χ0) is 15.2. The molecular formula is C15H21N3O2S. The Kier molecular flexibility index (Phi) is 5.67. The topological polar surface area (TPSA) is 70.3 Å². The zero-order valence-electron chi connectivity index (χ0n) is 12.6. The number of nitrogens with zero attached hydrogens (tertiary/aromatic N) is 2. The molecule has 0 aliphatic rings. The van der Waals surface area contributed by atoms with Crippen LogP contribution in [0.4, 0.5) is 0 Å². The van der Waals surface area contributed by atoms with Crippen LogP contribution in [0.2, 0.25) is 0 Å². The molecule has 0 saturated carbocycles. The summed E-state index contributed by atoms with van der Waals surface area (Å²) in [6, 6.07) is 7.53. The Balaban J connectivity index is 2.26. The van der Waals surface area contributed by atoms with Crippen LogP contribution in [0.25, 0.3) is 0 Å². The van der Waals surface area contributed by atoms with E-state index in [0.29, 0.717) is 19.1 Å². The first-order valence-electron chi connectivity index (χ1n) is 6.93. The van der Waals surface area contributed by atoms with Crippen LogP contribution in [0.5, 0.6) is 5.75 Å². The molecule has 0 saturated heterocycles. The summed E-state index contributed by atoms with van der Waals surface area (Å²) in [5.74, 6) is 1.08. The number of hydrogen-bond donors (Lipinski definition) is 1. The fourth-order valence-electron chi connectivity index (χ4n) is 2.07. The molecule has 1 aromatic heterocycles. The zero-order valence-corrected chi connectivity index (χ0v) is 13.4. The molecule has 0 radical (unpaired) electrons. The highest BCUT2D eigenvalue weighted by Crippen LogP contribution is 2.33. The van der Waals surface area contributed by atoms with Gasteiger partial charge in [0, 0.05) is 12.7 Å². The van der Waals surface area contributed by atoms with E-state index in [0.717, 1.165) is 21.9 Å². The van der Waals surface area contributed by atoms with E-state index in [4.69, 9.17) is 15.2 Å². The number of ether oxygens (including phenoxy) is 2. The van der Waals surface area contributed by atoms with Crippen LogP contribution < -0.4 is 10.5 Å². The molecule has 0 bridgehead atoms. The van der Waals surface area contributed by atoms with Gasteiger partial charge >= 0.3 is 0 Å². The van der Waals surface area contributed by atoms with Gasteiger partial charge in [0.05, 0.1) is 23.2 Å². The van der Waals surface area contributed by atoms with Gasteiger partial charge in [0.15, 0.2) is 0 Å². The molecule has 2 aromatic rings. The summed E-state index contributed by atoms with van der Waals surface area (Å²) in [6.07, 6.45) is 0. The van der Waals surface area contributed by atoms with Gasteiger partial charge < -0.3 is 15.2 Å². The smallest absolute Gasteiger partial charge is 0.124 e. The molecule has 1 atom stereocenters. The molecule has 0 amide bonds. The summed E-state index contributed by atoms with van der Waals surface area (Å²) in [7, 11) is 1.65. The normalized spacial score (nSPS) is 12.6. The lowest BCUT2D eigenvalue weighted by Gasteiger charge is -2.17. The first-order chi connectivity index (χ1) is 10.1. The summed E-state index contributed by atoms with van der Waals surface area (Å²) in [4.78, 5) is 0.993. The Labute approximate surface area is 129 Å². The van der Waals surface area contributed by atoms with Gasteiger partial charge in [0.25, 0.3) is 0 Å². The predicted molar refractivity (Wildman–Crippen MR) is 83.8 cm³/mol. The second-order valence-corrected chi connectivity index (χ2v) is 5.82. The largest absolute Gasteiger partial charge is 0.491 e. The number of hydrogen-bond acceptors (Lipinski definition) is 6. The van der Waals surface area contributed by atoms with Crippen LogP contribution >= 0.6 is 11.5 Å². The SMILES string of the molecule is COCCOc1ccccc1C(N)c1snnc1C(C)C. The highest BCUT2D eigenvalue weighted by Gasteiger charge is 2.22. The van der Waals surface area contributed by atoms with Gasteiger partial charge in [-0.2, -0.15) is 0 Å². The molecule has 2 rings (SSSR count). The van der Waals surface area contributed by atoms with Gasteiger partial charge in [-0.3, -0.25) is 0 Å². The maximum atomic E-state index is 6.42. The van der Waals surface area contributed by atoms with Crippen LogP contribution in [0, 0.1) is 0 Å². The minimum atomic E-state index is -0.277. The van der Waals surface area contributed by atoms with E-state index in [1.165, 1.54) is 11.5 Å². The highest BCUT2D eigenvalue weighted by molar-refractivity contribution is 7.05. The van der Waals surface area contributed by atoms with Crippen molar-refractivity contribution < 1.29 is 9.47 Å². The molecule has 5 nitrogen and oxygen atoms in total. The number of para-hydroxylation sites is 1. The first-order valence-corrected chi connectivity index (χ1v) is 7.70. The van der Waals surface area contributed by atoms with Crippen molar-refractivity contribution in [3.8, 4) is 5.75 Å². The summed E-state index contributed by atoms with van der Waals surface area (Å²) in [5, 5.41) is 4.20.